The molecule has 1 fully saturated rings. The van der Waals surface area contributed by atoms with Crippen LogP contribution in [-0.4, -0.2) is 23.2 Å². The largest absolute Gasteiger partial charge is 0.493 e. The third-order valence-corrected chi connectivity index (χ3v) is 4.71. The molecular formula is C22H23N3O3. The van der Waals surface area contributed by atoms with Crippen molar-refractivity contribution in [1.82, 2.24) is 10.2 Å². The molecular weight excluding hydrogens is 354 g/mol. The summed E-state index contributed by atoms with van der Waals surface area (Å²) in [5, 5.41) is 9.99. The highest BCUT2D eigenvalue weighted by atomic mass is 16.5. The number of rotatable bonds is 8. The van der Waals surface area contributed by atoms with Crippen LogP contribution in [0, 0.1) is 0 Å². The molecule has 0 aliphatic heterocycles. The number of carbonyl (C=O) groups excluding carboxylic acids is 1. The van der Waals surface area contributed by atoms with Crippen LogP contribution in [0.25, 0.3) is 0 Å². The van der Waals surface area contributed by atoms with Crippen molar-refractivity contribution in [3.63, 3.8) is 0 Å². The number of hydrogen-bond acceptors (Lipinski definition) is 4. The Hall–Kier alpha value is -3.28. The van der Waals surface area contributed by atoms with Gasteiger partial charge in [-0.1, -0.05) is 36.4 Å². The molecule has 0 bridgehead atoms. The van der Waals surface area contributed by atoms with Gasteiger partial charge in [0, 0.05) is 17.7 Å². The van der Waals surface area contributed by atoms with E-state index in [9.17, 15) is 4.79 Å². The van der Waals surface area contributed by atoms with E-state index in [1.54, 1.807) is 7.11 Å². The molecule has 1 heterocycles. The second-order valence-corrected chi connectivity index (χ2v) is 6.97. The van der Waals surface area contributed by atoms with Gasteiger partial charge < -0.3 is 14.8 Å². The number of H-pyrrole nitrogens is 1. The summed E-state index contributed by atoms with van der Waals surface area (Å²) in [6.45, 7) is 0.458. The van der Waals surface area contributed by atoms with Crippen molar-refractivity contribution in [3.8, 4) is 11.5 Å². The number of amides is 1. The van der Waals surface area contributed by atoms with Gasteiger partial charge in [0.2, 0.25) is 5.91 Å². The fourth-order valence-corrected chi connectivity index (χ4v) is 3.05. The number of benzene rings is 2. The third kappa shape index (κ3) is 4.52. The number of hydrogen-bond donors (Lipinski definition) is 2. The topological polar surface area (TPSA) is 76.2 Å². The SMILES string of the molecule is COc1cc(CC(=O)Nc2cc(C3CC3)[nH]n2)ccc1OCc1ccccc1. The van der Waals surface area contributed by atoms with E-state index in [1.165, 1.54) is 12.8 Å². The van der Waals surface area contributed by atoms with E-state index in [1.807, 2.05) is 54.6 Å². The molecule has 28 heavy (non-hydrogen) atoms. The Labute approximate surface area is 163 Å². The zero-order chi connectivity index (χ0) is 19.3. The fourth-order valence-electron chi connectivity index (χ4n) is 3.05. The highest BCUT2D eigenvalue weighted by Crippen LogP contribution is 2.39. The molecule has 6 heteroatoms. The minimum atomic E-state index is -0.117. The van der Waals surface area contributed by atoms with Gasteiger partial charge in [-0.2, -0.15) is 5.10 Å². The lowest BCUT2D eigenvalue weighted by Gasteiger charge is -2.12. The Bertz CT molecular complexity index is 949. The number of aromatic nitrogens is 2. The van der Waals surface area contributed by atoms with Crippen LogP contribution in [0.1, 0.15) is 35.6 Å². The van der Waals surface area contributed by atoms with Gasteiger partial charge >= 0.3 is 0 Å². The average molecular weight is 377 g/mol. The summed E-state index contributed by atoms with van der Waals surface area (Å²) in [6, 6.07) is 17.4. The maximum absolute atomic E-state index is 12.3. The number of carbonyl (C=O) groups is 1. The molecule has 1 amide bonds. The molecule has 1 aliphatic carbocycles. The quantitative estimate of drug-likeness (QED) is 0.621. The second-order valence-electron chi connectivity index (χ2n) is 6.97. The number of nitrogens with one attached hydrogen (secondary N) is 2. The van der Waals surface area contributed by atoms with E-state index in [4.69, 9.17) is 9.47 Å². The third-order valence-electron chi connectivity index (χ3n) is 4.71. The maximum atomic E-state index is 12.3. The van der Waals surface area contributed by atoms with Crippen LogP contribution in [0.4, 0.5) is 5.82 Å². The summed E-state index contributed by atoms with van der Waals surface area (Å²) in [5.74, 6) is 2.29. The van der Waals surface area contributed by atoms with Crippen molar-refractivity contribution in [2.75, 3.05) is 12.4 Å². The monoisotopic (exact) mass is 377 g/mol. The predicted octanol–water partition coefficient (Wildman–Crippen LogP) is 4.06. The summed E-state index contributed by atoms with van der Waals surface area (Å²) in [4.78, 5) is 12.3. The average Bonchev–Trinajstić information content (AvgIpc) is 3.47. The van der Waals surface area contributed by atoms with E-state index < -0.39 is 0 Å². The van der Waals surface area contributed by atoms with E-state index >= 15 is 0 Å². The minimum absolute atomic E-state index is 0.117. The Balaban J connectivity index is 1.36. The lowest BCUT2D eigenvalue weighted by atomic mass is 10.1. The zero-order valence-electron chi connectivity index (χ0n) is 15.8. The molecule has 1 aromatic heterocycles. The lowest BCUT2D eigenvalue weighted by molar-refractivity contribution is -0.115. The van der Waals surface area contributed by atoms with E-state index in [0.29, 0.717) is 29.8 Å². The van der Waals surface area contributed by atoms with Crippen molar-refractivity contribution >= 4 is 11.7 Å². The first-order valence-corrected chi connectivity index (χ1v) is 9.40. The zero-order valence-corrected chi connectivity index (χ0v) is 15.8. The van der Waals surface area contributed by atoms with Crippen LogP contribution in [0.3, 0.4) is 0 Å². The summed E-state index contributed by atoms with van der Waals surface area (Å²) < 4.78 is 11.3. The van der Waals surface area contributed by atoms with Crippen molar-refractivity contribution in [3.05, 3.63) is 71.4 Å². The molecule has 1 saturated carbocycles. The van der Waals surface area contributed by atoms with Crippen molar-refractivity contribution in [2.24, 2.45) is 0 Å². The van der Waals surface area contributed by atoms with Crippen LogP contribution < -0.4 is 14.8 Å². The molecule has 0 unspecified atom stereocenters. The molecule has 2 N–H and O–H groups in total. The number of methoxy groups -OCH3 is 1. The predicted molar refractivity (Wildman–Crippen MR) is 107 cm³/mol. The van der Waals surface area contributed by atoms with Crippen LogP contribution in [0.2, 0.25) is 0 Å². The highest BCUT2D eigenvalue weighted by molar-refractivity contribution is 5.91. The highest BCUT2D eigenvalue weighted by Gasteiger charge is 2.25. The summed E-state index contributed by atoms with van der Waals surface area (Å²) in [7, 11) is 1.59. The fraction of sp³-hybridized carbons (Fsp3) is 0.273. The molecule has 144 valence electrons. The lowest BCUT2D eigenvalue weighted by Crippen LogP contribution is -2.14. The van der Waals surface area contributed by atoms with Gasteiger partial charge in [-0.05, 0) is 36.1 Å². The molecule has 2 aromatic carbocycles. The van der Waals surface area contributed by atoms with E-state index in [2.05, 4.69) is 15.5 Å². The Morgan fingerprint density at radius 3 is 2.68 bits per heavy atom. The summed E-state index contributed by atoms with van der Waals surface area (Å²) in [6.07, 6.45) is 2.61. The first-order chi connectivity index (χ1) is 13.7. The first kappa shape index (κ1) is 18.1. The molecule has 0 radical (unpaired) electrons. The second kappa shape index (κ2) is 8.17. The van der Waals surface area contributed by atoms with Crippen molar-refractivity contribution in [1.29, 1.82) is 0 Å². The van der Waals surface area contributed by atoms with Gasteiger partial charge in [-0.25, -0.2) is 0 Å². The van der Waals surface area contributed by atoms with Crippen LogP contribution in [0.15, 0.2) is 54.6 Å². The Morgan fingerprint density at radius 1 is 1.11 bits per heavy atom. The van der Waals surface area contributed by atoms with Gasteiger partial charge in [0.15, 0.2) is 17.3 Å². The molecule has 1 aliphatic rings. The number of aromatic amines is 1. The number of nitrogens with zero attached hydrogens (tertiary/aromatic N) is 1. The number of ether oxygens (including phenoxy) is 2. The number of anilines is 1. The first-order valence-electron chi connectivity index (χ1n) is 9.40. The normalized spacial score (nSPS) is 13.2. The molecule has 3 aromatic rings. The maximum Gasteiger partial charge on any atom is 0.229 e. The van der Waals surface area contributed by atoms with Gasteiger partial charge in [0.1, 0.15) is 6.61 Å². The minimum Gasteiger partial charge on any atom is -0.493 e. The van der Waals surface area contributed by atoms with Crippen LogP contribution >= 0.6 is 0 Å². The van der Waals surface area contributed by atoms with Gasteiger partial charge in [-0.3, -0.25) is 9.89 Å². The summed E-state index contributed by atoms with van der Waals surface area (Å²) in [5.41, 5.74) is 3.02. The summed E-state index contributed by atoms with van der Waals surface area (Å²) >= 11 is 0. The van der Waals surface area contributed by atoms with Gasteiger partial charge in [0.05, 0.1) is 13.5 Å². The standard InChI is InChI=1S/C22H23N3O3/c1-27-20-11-16(7-10-19(20)28-14-15-5-3-2-4-6-15)12-22(26)23-21-13-18(24-25-21)17-8-9-17/h2-7,10-11,13,17H,8-9,12,14H2,1H3,(H2,23,24,25,26). The molecule has 0 saturated heterocycles. The van der Waals surface area contributed by atoms with Crippen LogP contribution in [-0.2, 0) is 17.8 Å². The molecule has 0 spiro atoms. The van der Waals surface area contributed by atoms with E-state index in [0.717, 1.165) is 16.8 Å². The van der Waals surface area contributed by atoms with Crippen molar-refractivity contribution in [2.45, 2.75) is 31.8 Å². The molecule has 4 rings (SSSR count). The van der Waals surface area contributed by atoms with E-state index in [-0.39, 0.29) is 12.3 Å². The van der Waals surface area contributed by atoms with Crippen molar-refractivity contribution < 1.29 is 14.3 Å². The van der Waals surface area contributed by atoms with Gasteiger partial charge in [-0.15, -0.1) is 0 Å². The molecule has 6 nitrogen and oxygen atoms in total. The van der Waals surface area contributed by atoms with Crippen LogP contribution in [0.5, 0.6) is 11.5 Å². The van der Waals surface area contributed by atoms with Gasteiger partial charge in [0.25, 0.3) is 0 Å². The smallest absolute Gasteiger partial charge is 0.229 e. The Kier molecular flexibility index (Phi) is 5.28. The molecule has 0 atom stereocenters. The Morgan fingerprint density at radius 2 is 1.93 bits per heavy atom.